The van der Waals surface area contributed by atoms with Gasteiger partial charge in [0.2, 0.25) is 5.91 Å². The molecule has 1 saturated heterocycles. The standard InChI is InChI=1S/C17H25FN2O2.ClH/c1-13(14-4-3-7-19-12-14)10-17(21)20-8-9-22-16-6-2-5-15(18)11-16;/h2,5-6,11,13-14,19H,3-4,7-10,12H2,1H3,(H,20,21);1H. The van der Waals surface area contributed by atoms with E-state index in [-0.39, 0.29) is 24.1 Å². The van der Waals surface area contributed by atoms with Crippen molar-refractivity contribution < 1.29 is 13.9 Å². The third-order valence-electron chi connectivity index (χ3n) is 4.14. The number of carbonyl (C=O) groups is 1. The van der Waals surface area contributed by atoms with Gasteiger partial charge < -0.3 is 15.4 Å². The summed E-state index contributed by atoms with van der Waals surface area (Å²) in [5.74, 6) is 1.19. The fourth-order valence-electron chi connectivity index (χ4n) is 2.81. The Hall–Kier alpha value is -1.33. The van der Waals surface area contributed by atoms with Gasteiger partial charge in [0.25, 0.3) is 0 Å². The van der Waals surface area contributed by atoms with Crippen LogP contribution in [-0.2, 0) is 4.79 Å². The summed E-state index contributed by atoms with van der Waals surface area (Å²) in [5, 5.41) is 6.24. The van der Waals surface area contributed by atoms with Gasteiger partial charge in [0.15, 0.2) is 0 Å². The SMILES string of the molecule is CC(CC(=O)NCCOc1cccc(F)c1)C1CCCNC1.Cl. The number of piperidine rings is 1. The number of nitrogens with one attached hydrogen (secondary N) is 2. The molecule has 4 nitrogen and oxygen atoms in total. The number of carbonyl (C=O) groups excluding carboxylic acids is 1. The summed E-state index contributed by atoms with van der Waals surface area (Å²) in [4.78, 5) is 11.9. The van der Waals surface area contributed by atoms with Gasteiger partial charge >= 0.3 is 0 Å². The second kappa shape index (κ2) is 10.4. The molecule has 1 aromatic rings. The molecule has 2 rings (SSSR count). The number of benzene rings is 1. The van der Waals surface area contributed by atoms with Crippen LogP contribution in [0.3, 0.4) is 0 Å². The minimum Gasteiger partial charge on any atom is -0.492 e. The van der Waals surface area contributed by atoms with E-state index >= 15 is 0 Å². The summed E-state index contributed by atoms with van der Waals surface area (Å²) in [5.41, 5.74) is 0. The van der Waals surface area contributed by atoms with Crippen molar-refractivity contribution in [3.05, 3.63) is 30.1 Å². The van der Waals surface area contributed by atoms with Crippen LogP contribution >= 0.6 is 12.4 Å². The van der Waals surface area contributed by atoms with E-state index in [4.69, 9.17) is 4.74 Å². The monoisotopic (exact) mass is 344 g/mol. The van der Waals surface area contributed by atoms with E-state index in [1.54, 1.807) is 12.1 Å². The molecule has 1 aliphatic rings. The zero-order valence-electron chi connectivity index (χ0n) is 13.5. The van der Waals surface area contributed by atoms with Crippen LogP contribution in [0, 0.1) is 17.7 Å². The Morgan fingerprint density at radius 1 is 1.52 bits per heavy atom. The molecule has 1 aromatic carbocycles. The van der Waals surface area contributed by atoms with Crippen molar-refractivity contribution in [2.24, 2.45) is 11.8 Å². The van der Waals surface area contributed by atoms with E-state index < -0.39 is 0 Å². The summed E-state index contributed by atoms with van der Waals surface area (Å²) >= 11 is 0. The Balaban J connectivity index is 0.00000264. The molecule has 1 aliphatic heterocycles. The molecule has 2 N–H and O–H groups in total. The van der Waals surface area contributed by atoms with Gasteiger partial charge in [0.05, 0.1) is 6.54 Å². The van der Waals surface area contributed by atoms with Crippen molar-refractivity contribution in [3.8, 4) is 5.75 Å². The van der Waals surface area contributed by atoms with Gasteiger partial charge in [0, 0.05) is 12.5 Å². The molecule has 1 heterocycles. The van der Waals surface area contributed by atoms with E-state index in [1.165, 1.54) is 25.0 Å². The molecule has 23 heavy (non-hydrogen) atoms. The maximum Gasteiger partial charge on any atom is 0.220 e. The topological polar surface area (TPSA) is 50.4 Å². The summed E-state index contributed by atoms with van der Waals surface area (Å²) in [6, 6.07) is 6.00. The van der Waals surface area contributed by atoms with E-state index in [1.807, 2.05) is 0 Å². The fourth-order valence-corrected chi connectivity index (χ4v) is 2.81. The van der Waals surface area contributed by atoms with Gasteiger partial charge in [-0.3, -0.25) is 4.79 Å². The van der Waals surface area contributed by atoms with Crippen LogP contribution in [0.15, 0.2) is 24.3 Å². The largest absolute Gasteiger partial charge is 0.492 e. The quantitative estimate of drug-likeness (QED) is 0.748. The molecule has 1 fully saturated rings. The van der Waals surface area contributed by atoms with Crippen molar-refractivity contribution in [3.63, 3.8) is 0 Å². The van der Waals surface area contributed by atoms with Crippen molar-refractivity contribution >= 4 is 18.3 Å². The number of rotatable bonds is 7. The average Bonchev–Trinajstić information content (AvgIpc) is 2.52. The van der Waals surface area contributed by atoms with Gasteiger partial charge in [-0.1, -0.05) is 13.0 Å². The van der Waals surface area contributed by atoms with Crippen molar-refractivity contribution in [2.75, 3.05) is 26.2 Å². The predicted molar refractivity (Wildman–Crippen MR) is 91.5 cm³/mol. The van der Waals surface area contributed by atoms with Crippen LogP contribution in [0.5, 0.6) is 5.75 Å². The summed E-state index contributed by atoms with van der Waals surface area (Å²) in [6.07, 6.45) is 2.94. The van der Waals surface area contributed by atoms with Crippen molar-refractivity contribution in [1.82, 2.24) is 10.6 Å². The van der Waals surface area contributed by atoms with Gasteiger partial charge in [-0.05, 0) is 49.9 Å². The molecule has 2 unspecified atom stereocenters. The first-order valence-corrected chi connectivity index (χ1v) is 8.01. The van der Waals surface area contributed by atoms with Crippen LogP contribution in [-0.4, -0.2) is 32.1 Å². The zero-order valence-corrected chi connectivity index (χ0v) is 14.3. The third-order valence-corrected chi connectivity index (χ3v) is 4.14. The summed E-state index contributed by atoms with van der Waals surface area (Å²) in [7, 11) is 0. The van der Waals surface area contributed by atoms with Crippen molar-refractivity contribution in [2.45, 2.75) is 26.2 Å². The van der Waals surface area contributed by atoms with Crippen LogP contribution in [0.1, 0.15) is 26.2 Å². The lowest BCUT2D eigenvalue weighted by molar-refractivity contribution is -0.122. The number of hydrogen-bond acceptors (Lipinski definition) is 3. The lowest BCUT2D eigenvalue weighted by Crippen LogP contribution is -2.36. The summed E-state index contributed by atoms with van der Waals surface area (Å²) in [6.45, 7) is 5.02. The molecule has 6 heteroatoms. The summed E-state index contributed by atoms with van der Waals surface area (Å²) < 4.78 is 18.4. The molecule has 0 radical (unpaired) electrons. The van der Waals surface area contributed by atoms with Gasteiger partial charge in [-0.2, -0.15) is 0 Å². The number of amides is 1. The molecule has 0 bridgehead atoms. The number of halogens is 2. The van der Waals surface area contributed by atoms with Crippen LogP contribution in [0.4, 0.5) is 4.39 Å². The fraction of sp³-hybridized carbons (Fsp3) is 0.588. The van der Waals surface area contributed by atoms with E-state index in [0.29, 0.717) is 37.2 Å². The molecule has 0 aromatic heterocycles. The second-order valence-electron chi connectivity index (χ2n) is 5.94. The molecule has 130 valence electrons. The van der Waals surface area contributed by atoms with Crippen LogP contribution < -0.4 is 15.4 Å². The smallest absolute Gasteiger partial charge is 0.220 e. The van der Waals surface area contributed by atoms with Crippen molar-refractivity contribution in [1.29, 1.82) is 0 Å². The highest BCUT2D eigenvalue weighted by molar-refractivity contribution is 5.85. The zero-order chi connectivity index (χ0) is 15.8. The Labute approximate surface area is 143 Å². The highest BCUT2D eigenvalue weighted by atomic mass is 35.5. The molecular weight excluding hydrogens is 319 g/mol. The predicted octanol–water partition coefficient (Wildman–Crippen LogP) is 2.77. The van der Waals surface area contributed by atoms with Crippen LogP contribution in [0.25, 0.3) is 0 Å². The third kappa shape index (κ3) is 7.18. The molecule has 2 atom stereocenters. The molecule has 0 aliphatic carbocycles. The first-order chi connectivity index (χ1) is 10.6. The lowest BCUT2D eigenvalue weighted by Gasteiger charge is -2.28. The van der Waals surface area contributed by atoms with E-state index in [2.05, 4.69) is 17.6 Å². The lowest BCUT2D eigenvalue weighted by atomic mass is 9.85. The molecular formula is C17H26ClFN2O2. The van der Waals surface area contributed by atoms with E-state index in [9.17, 15) is 9.18 Å². The minimum atomic E-state index is -0.323. The van der Waals surface area contributed by atoms with Gasteiger partial charge in [0.1, 0.15) is 18.2 Å². The van der Waals surface area contributed by atoms with E-state index in [0.717, 1.165) is 13.1 Å². The Bertz CT molecular complexity index is 481. The number of ether oxygens (including phenoxy) is 1. The Kier molecular flexibility index (Phi) is 8.95. The first-order valence-electron chi connectivity index (χ1n) is 8.01. The number of hydrogen-bond donors (Lipinski definition) is 2. The second-order valence-corrected chi connectivity index (χ2v) is 5.94. The maximum atomic E-state index is 13.0. The highest BCUT2D eigenvalue weighted by Gasteiger charge is 2.21. The Morgan fingerprint density at radius 2 is 2.35 bits per heavy atom. The molecule has 0 saturated carbocycles. The average molecular weight is 345 g/mol. The molecule has 1 amide bonds. The first kappa shape index (κ1) is 19.7. The Morgan fingerprint density at radius 3 is 3.04 bits per heavy atom. The maximum absolute atomic E-state index is 13.0. The van der Waals surface area contributed by atoms with Gasteiger partial charge in [-0.25, -0.2) is 4.39 Å². The van der Waals surface area contributed by atoms with Crippen LogP contribution in [0.2, 0.25) is 0 Å². The normalized spacial score (nSPS) is 18.6. The van der Waals surface area contributed by atoms with Gasteiger partial charge in [-0.15, -0.1) is 12.4 Å². The highest BCUT2D eigenvalue weighted by Crippen LogP contribution is 2.22. The molecule has 0 spiro atoms. The minimum absolute atomic E-state index is 0.